The summed E-state index contributed by atoms with van der Waals surface area (Å²) in [7, 11) is 0. The molecule has 0 saturated heterocycles. The molecule has 1 rings (SSSR count). The maximum absolute atomic E-state index is 10.6. The number of rotatable bonds is 2. The average Bonchev–Trinajstić information content (AvgIpc) is 2.20. The van der Waals surface area contributed by atoms with Crippen molar-refractivity contribution < 1.29 is 4.79 Å². The van der Waals surface area contributed by atoms with Crippen LogP contribution in [0.3, 0.4) is 0 Å². The first-order valence-corrected chi connectivity index (χ1v) is 5.06. The van der Waals surface area contributed by atoms with Crippen LogP contribution in [0.2, 0.25) is 5.02 Å². The van der Waals surface area contributed by atoms with Gasteiger partial charge in [0.25, 0.3) is 0 Å². The zero-order valence-corrected chi connectivity index (χ0v) is 9.27. The fourth-order valence-corrected chi connectivity index (χ4v) is 1.20. The lowest BCUT2D eigenvalue weighted by atomic mass is 10.2. The maximum Gasteiger partial charge on any atom is 0.216 e. The van der Waals surface area contributed by atoms with Gasteiger partial charge in [0.2, 0.25) is 5.91 Å². The van der Waals surface area contributed by atoms with Crippen molar-refractivity contribution in [3.05, 3.63) is 34.9 Å². The molecule has 1 amide bonds. The first kappa shape index (κ1) is 11.6. The Labute approximate surface area is 94.6 Å². The molecule has 15 heavy (non-hydrogen) atoms. The number of amides is 1. The van der Waals surface area contributed by atoms with Crippen LogP contribution in [-0.2, 0) is 4.79 Å². The topological polar surface area (TPSA) is 29.1 Å². The maximum atomic E-state index is 10.6. The van der Waals surface area contributed by atoms with Crippen molar-refractivity contribution in [3.63, 3.8) is 0 Å². The molecule has 0 fully saturated rings. The largest absolute Gasteiger partial charge is 0.355 e. The van der Waals surface area contributed by atoms with Crippen molar-refractivity contribution in [3.8, 4) is 11.8 Å². The summed E-state index contributed by atoms with van der Waals surface area (Å²) >= 11 is 5.92. The second-order valence-electron chi connectivity index (χ2n) is 3.01. The molecule has 0 aliphatic carbocycles. The number of carbonyl (C=O) groups excluding carboxylic acids is 1. The van der Waals surface area contributed by atoms with Crippen molar-refractivity contribution in [1.29, 1.82) is 0 Å². The molecule has 0 spiro atoms. The summed E-state index contributed by atoms with van der Waals surface area (Å²) in [5.74, 6) is 5.87. The van der Waals surface area contributed by atoms with Crippen molar-refractivity contribution in [2.75, 3.05) is 6.54 Å². The first-order valence-electron chi connectivity index (χ1n) is 4.68. The number of hydrogen-bond acceptors (Lipinski definition) is 1. The summed E-state index contributed by atoms with van der Waals surface area (Å²) in [6.45, 7) is 2.06. The quantitative estimate of drug-likeness (QED) is 0.602. The van der Waals surface area contributed by atoms with E-state index >= 15 is 0 Å². The zero-order chi connectivity index (χ0) is 11.1. The molecule has 1 aromatic carbocycles. The van der Waals surface area contributed by atoms with Gasteiger partial charge in [-0.15, -0.1) is 0 Å². The molecule has 1 N–H and O–H groups in total. The molecule has 1 aromatic rings. The lowest BCUT2D eigenvalue weighted by molar-refractivity contribution is -0.118. The van der Waals surface area contributed by atoms with E-state index in [-0.39, 0.29) is 5.91 Å². The van der Waals surface area contributed by atoms with Gasteiger partial charge in [-0.1, -0.05) is 35.6 Å². The minimum Gasteiger partial charge on any atom is -0.355 e. The van der Waals surface area contributed by atoms with Crippen LogP contribution in [0.25, 0.3) is 0 Å². The van der Waals surface area contributed by atoms with Gasteiger partial charge < -0.3 is 5.32 Å². The van der Waals surface area contributed by atoms with E-state index in [2.05, 4.69) is 17.2 Å². The third-order valence-corrected chi connectivity index (χ3v) is 2.05. The molecule has 78 valence electrons. The Kier molecular flexibility index (Phi) is 4.73. The Bertz CT molecular complexity index is 404. The van der Waals surface area contributed by atoms with Crippen LogP contribution in [-0.4, -0.2) is 12.5 Å². The van der Waals surface area contributed by atoms with Gasteiger partial charge in [-0.3, -0.25) is 4.79 Å². The summed E-state index contributed by atoms with van der Waals surface area (Å²) in [5, 5.41) is 3.33. The van der Waals surface area contributed by atoms with Crippen LogP contribution in [0.15, 0.2) is 24.3 Å². The van der Waals surface area contributed by atoms with E-state index in [0.29, 0.717) is 18.0 Å². The predicted octanol–water partition coefficient (Wildman–Crippen LogP) is 2.22. The summed E-state index contributed by atoms with van der Waals surface area (Å²) in [6, 6.07) is 7.43. The zero-order valence-electron chi connectivity index (χ0n) is 8.51. The molecular weight excluding hydrogens is 210 g/mol. The van der Waals surface area contributed by atoms with Crippen LogP contribution in [0.1, 0.15) is 18.9 Å². The fraction of sp³-hybridized carbons (Fsp3) is 0.250. The molecule has 0 aliphatic heterocycles. The second-order valence-corrected chi connectivity index (χ2v) is 3.42. The molecular formula is C12H12ClNO. The van der Waals surface area contributed by atoms with Gasteiger partial charge in [-0.05, 0) is 12.1 Å². The lowest BCUT2D eigenvalue weighted by Gasteiger charge is -1.95. The smallest absolute Gasteiger partial charge is 0.216 e. The number of nitrogens with one attached hydrogen (secondary N) is 1. The van der Waals surface area contributed by atoms with E-state index in [4.69, 9.17) is 11.6 Å². The van der Waals surface area contributed by atoms with Gasteiger partial charge in [0, 0.05) is 25.5 Å². The molecule has 0 bridgehead atoms. The lowest BCUT2D eigenvalue weighted by Crippen LogP contribution is -2.20. The van der Waals surface area contributed by atoms with E-state index in [0.717, 1.165) is 5.56 Å². The Morgan fingerprint density at radius 3 is 2.87 bits per heavy atom. The Balaban J connectivity index is 2.45. The third-order valence-electron chi connectivity index (χ3n) is 1.72. The molecule has 0 aliphatic rings. The molecule has 0 unspecified atom stereocenters. The minimum atomic E-state index is -0.0328. The molecule has 0 atom stereocenters. The Morgan fingerprint density at radius 2 is 2.20 bits per heavy atom. The molecule has 2 nitrogen and oxygen atoms in total. The van der Waals surface area contributed by atoms with Crippen molar-refractivity contribution in [2.45, 2.75) is 13.3 Å². The predicted molar refractivity (Wildman–Crippen MR) is 61.6 cm³/mol. The number of benzene rings is 1. The van der Waals surface area contributed by atoms with Gasteiger partial charge in [0.05, 0.1) is 5.02 Å². The Hall–Kier alpha value is -1.46. The molecule has 0 radical (unpaired) electrons. The summed E-state index contributed by atoms with van der Waals surface area (Å²) in [5.41, 5.74) is 0.821. The third kappa shape index (κ3) is 4.53. The van der Waals surface area contributed by atoms with E-state index in [1.54, 1.807) is 6.07 Å². The fourth-order valence-electron chi connectivity index (χ4n) is 1.02. The van der Waals surface area contributed by atoms with Crippen LogP contribution < -0.4 is 5.32 Å². The highest BCUT2D eigenvalue weighted by Gasteiger charge is 1.92. The van der Waals surface area contributed by atoms with Gasteiger partial charge in [-0.2, -0.15) is 0 Å². The SMILES string of the molecule is CC(=O)NCCC#Cc1ccccc1Cl. The summed E-state index contributed by atoms with van der Waals surface area (Å²) < 4.78 is 0. The van der Waals surface area contributed by atoms with Crippen LogP contribution in [0, 0.1) is 11.8 Å². The summed E-state index contributed by atoms with van der Waals surface area (Å²) in [4.78, 5) is 10.6. The first-order chi connectivity index (χ1) is 7.20. The van der Waals surface area contributed by atoms with Crippen LogP contribution in [0.5, 0.6) is 0 Å². The standard InChI is InChI=1S/C12H12ClNO/c1-10(15)14-9-5-4-7-11-6-2-3-8-12(11)13/h2-3,6,8H,5,9H2,1H3,(H,14,15). The normalized spacial score (nSPS) is 8.93. The highest BCUT2D eigenvalue weighted by Crippen LogP contribution is 2.12. The van der Waals surface area contributed by atoms with Gasteiger partial charge in [0.1, 0.15) is 0 Å². The van der Waals surface area contributed by atoms with E-state index in [9.17, 15) is 4.79 Å². The van der Waals surface area contributed by atoms with Crippen molar-refractivity contribution >= 4 is 17.5 Å². The number of hydrogen-bond donors (Lipinski definition) is 1. The van der Waals surface area contributed by atoms with Gasteiger partial charge >= 0.3 is 0 Å². The highest BCUT2D eigenvalue weighted by atomic mass is 35.5. The highest BCUT2D eigenvalue weighted by molar-refractivity contribution is 6.31. The number of carbonyl (C=O) groups is 1. The van der Waals surface area contributed by atoms with E-state index in [1.165, 1.54) is 6.92 Å². The second kappa shape index (κ2) is 6.10. The monoisotopic (exact) mass is 221 g/mol. The van der Waals surface area contributed by atoms with E-state index in [1.807, 2.05) is 18.2 Å². The van der Waals surface area contributed by atoms with E-state index < -0.39 is 0 Å². The summed E-state index contributed by atoms with van der Waals surface area (Å²) in [6.07, 6.45) is 0.630. The minimum absolute atomic E-state index is 0.0328. The molecule has 0 aromatic heterocycles. The van der Waals surface area contributed by atoms with Gasteiger partial charge in [-0.25, -0.2) is 0 Å². The van der Waals surface area contributed by atoms with Crippen molar-refractivity contribution in [1.82, 2.24) is 5.32 Å². The van der Waals surface area contributed by atoms with Crippen LogP contribution >= 0.6 is 11.6 Å². The van der Waals surface area contributed by atoms with Crippen LogP contribution in [0.4, 0.5) is 0 Å². The average molecular weight is 222 g/mol. The van der Waals surface area contributed by atoms with Crippen molar-refractivity contribution in [2.24, 2.45) is 0 Å². The number of halogens is 1. The molecule has 0 heterocycles. The molecule has 3 heteroatoms. The molecule has 0 saturated carbocycles. The Morgan fingerprint density at radius 1 is 1.47 bits per heavy atom. The van der Waals surface area contributed by atoms with Gasteiger partial charge in [0.15, 0.2) is 0 Å².